The summed E-state index contributed by atoms with van der Waals surface area (Å²) in [6.45, 7) is 8.69. The van der Waals surface area contributed by atoms with Crippen molar-refractivity contribution in [2.24, 2.45) is 13.0 Å². The maximum Gasteiger partial charge on any atom is 0.0596 e. The molecule has 0 fully saturated rings. The van der Waals surface area contributed by atoms with Crippen molar-refractivity contribution >= 4 is 0 Å². The van der Waals surface area contributed by atoms with E-state index in [4.69, 9.17) is 0 Å². The van der Waals surface area contributed by atoms with Gasteiger partial charge in [-0.2, -0.15) is 5.10 Å². The Morgan fingerprint density at radius 1 is 1.53 bits per heavy atom. The Morgan fingerprint density at radius 3 is 2.80 bits per heavy atom. The molecule has 15 heavy (non-hydrogen) atoms. The summed E-state index contributed by atoms with van der Waals surface area (Å²) in [5, 5.41) is 7.72. The van der Waals surface area contributed by atoms with Crippen LogP contribution in [0, 0.1) is 12.8 Å². The number of rotatable bonds is 6. The lowest BCUT2D eigenvalue weighted by Gasteiger charge is -2.11. The first-order valence-electron chi connectivity index (χ1n) is 5.83. The van der Waals surface area contributed by atoms with Crippen LogP contribution in [0.25, 0.3) is 0 Å². The summed E-state index contributed by atoms with van der Waals surface area (Å²) in [7, 11) is 2.03. The second-order valence-corrected chi connectivity index (χ2v) is 4.35. The van der Waals surface area contributed by atoms with Gasteiger partial charge in [-0.1, -0.05) is 13.8 Å². The van der Waals surface area contributed by atoms with Gasteiger partial charge in [0.25, 0.3) is 0 Å². The Balaban J connectivity index is 2.37. The monoisotopic (exact) mass is 209 g/mol. The van der Waals surface area contributed by atoms with Gasteiger partial charge >= 0.3 is 0 Å². The molecule has 86 valence electrons. The minimum atomic E-state index is 0.721. The molecule has 0 spiro atoms. The lowest BCUT2D eigenvalue weighted by Crippen LogP contribution is -2.17. The smallest absolute Gasteiger partial charge is 0.0596 e. The number of nitrogens with one attached hydrogen (secondary N) is 1. The Morgan fingerprint density at radius 2 is 2.27 bits per heavy atom. The molecule has 0 aliphatic rings. The van der Waals surface area contributed by atoms with Gasteiger partial charge in [-0.05, 0) is 44.8 Å². The molecule has 1 N–H and O–H groups in total. The van der Waals surface area contributed by atoms with E-state index in [9.17, 15) is 0 Å². The largest absolute Gasteiger partial charge is 0.317 e. The SMILES string of the molecule is CCNCCC(C)Cc1cc(C)nn1C. The maximum absolute atomic E-state index is 4.36. The quantitative estimate of drug-likeness (QED) is 0.725. The first-order chi connectivity index (χ1) is 7.13. The van der Waals surface area contributed by atoms with Crippen molar-refractivity contribution < 1.29 is 0 Å². The van der Waals surface area contributed by atoms with Crippen LogP contribution in [0.4, 0.5) is 0 Å². The number of nitrogens with zero attached hydrogens (tertiary/aromatic N) is 2. The third-order valence-electron chi connectivity index (χ3n) is 2.72. The van der Waals surface area contributed by atoms with Crippen molar-refractivity contribution in [3.05, 3.63) is 17.5 Å². The topological polar surface area (TPSA) is 29.9 Å². The molecule has 0 amide bonds. The molecule has 0 aliphatic heterocycles. The van der Waals surface area contributed by atoms with Crippen LogP contribution in [0.3, 0.4) is 0 Å². The normalized spacial score (nSPS) is 13.1. The average Bonchev–Trinajstić information content (AvgIpc) is 2.45. The Hall–Kier alpha value is -0.830. The molecule has 1 atom stereocenters. The zero-order valence-corrected chi connectivity index (χ0v) is 10.4. The van der Waals surface area contributed by atoms with E-state index in [0.29, 0.717) is 0 Å². The average molecular weight is 209 g/mol. The van der Waals surface area contributed by atoms with Crippen LogP contribution in [0.5, 0.6) is 0 Å². The summed E-state index contributed by atoms with van der Waals surface area (Å²) in [6, 6.07) is 2.18. The van der Waals surface area contributed by atoms with Crippen molar-refractivity contribution in [1.82, 2.24) is 15.1 Å². The third-order valence-corrected chi connectivity index (χ3v) is 2.72. The highest BCUT2D eigenvalue weighted by molar-refractivity contribution is 5.09. The van der Waals surface area contributed by atoms with Crippen LogP contribution in [-0.4, -0.2) is 22.9 Å². The third kappa shape index (κ3) is 4.04. The zero-order valence-electron chi connectivity index (χ0n) is 10.4. The van der Waals surface area contributed by atoms with Crippen molar-refractivity contribution in [2.45, 2.75) is 33.6 Å². The maximum atomic E-state index is 4.36. The molecule has 0 saturated carbocycles. The molecule has 1 aromatic rings. The summed E-state index contributed by atoms with van der Waals surface area (Å²) >= 11 is 0. The minimum absolute atomic E-state index is 0.721. The number of aromatic nitrogens is 2. The first-order valence-corrected chi connectivity index (χ1v) is 5.83. The van der Waals surface area contributed by atoms with Gasteiger partial charge in [0.2, 0.25) is 0 Å². The highest BCUT2D eigenvalue weighted by Gasteiger charge is 2.07. The number of hydrogen-bond donors (Lipinski definition) is 1. The van der Waals surface area contributed by atoms with E-state index in [2.05, 4.69) is 30.3 Å². The van der Waals surface area contributed by atoms with E-state index in [1.54, 1.807) is 0 Å². The lowest BCUT2D eigenvalue weighted by molar-refractivity contribution is 0.489. The van der Waals surface area contributed by atoms with E-state index in [0.717, 1.165) is 31.1 Å². The molecule has 1 aromatic heterocycles. The predicted octanol–water partition coefficient (Wildman–Crippen LogP) is 1.91. The molecular weight excluding hydrogens is 186 g/mol. The van der Waals surface area contributed by atoms with Crippen molar-refractivity contribution in [1.29, 1.82) is 0 Å². The van der Waals surface area contributed by atoms with Gasteiger partial charge in [0.1, 0.15) is 0 Å². The predicted molar refractivity (Wildman–Crippen MR) is 64.0 cm³/mol. The van der Waals surface area contributed by atoms with Gasteiger partial charge in [-0.25, -0.2) is 0 Å². The van der Waals surface area contributed by atoms with Gasteiger partial charge < -0.3 is 5.32 Å². The van der Waals surface area contributed by atoms with Gasteiger partial charge in [0, 0.05) is 12.7 Å². The second kappa shape index (κ2) is 5.91. The molecule has 1 unspecified atom stereocenters. The van der Waals surface area contributed by atoms with E-state index in [1.807, 2.05) is 18.7 Å². The lowest BCUT2D eigenvalue weighted by atomic mass is 10.0. The number of hydrogen-bond acceptors (Lipinski definition) is 2. The summed E-state index contributed by atoms with van der Waals surface area (Å²) in [6.07, 6.45) is 2.36. The summed E-state index contributed by atoms with van der Waals surface area (Å²) in [5.41, 5.74) is 2.46. The Bertz CT molecular complexity index is 291. The van der Waals surface area contributed by atoms with Crippen LogP contribution >= 0.6 is 0 Å². The minimum Gasteiger partial charge on any atom is -0.317 e. The van der Waals surface area contributed by atoms with Gasteiger partial charge in [-0.15, -0.1) is 0 Å². The molecule has 1 heterocycles. The Labute approximate surface area is 92.9 Å². The summed E-state index contributed by atoms with van der Waals surface area (Å²) in [4.78, 5) is 0. The molecular formula is C12H23N3. The van der Waals surface area contributed by atoms with Crippen LogP contribution < -0.4 is 5.32 Å². The van der Waals surface area contributed by atoms with E-state index in [1.165, 1.54) is 12.1 Å². The molecule has 0 bridgehead atoms. The van der Waals surface area contributed by atoms with Gasteiger partial charge in [-0.3, -0.25) is 4.68 Å². The molecule has 1 rings (SSSR count). The van der Waals surface area contributed by atoms with E-state index < -0.39 is 0 Å². The molecule has 0 aromatic carbocycles. The molecule has 0 radical (unpaired) electrons. The summed E-state index contributed by atoms with van der Waals surface area (Å²) < 4.78 is 2.00. The fraction of sp³-hybridized carbons (Fsp3) is 0.750. The van der Waals surface area contributed by atoms with Gasteiger partial charge in [0.15, 0.2) is 0 Å². The highest BCUT2D eigenvalue weighted by Crippen LogP contribution is 2.11. The van der Waals surface area contributed by atoms with E-state index >= 15 is 0 Å². The zero-order chi connectivity index (χ0) is 11.3. The summed E-state index contributed by atoms with van der Waals surface area (Å²) in [5.74, 6) is 0.721. The van der Waals surface area contributed by atoms with Crippen LogP contribution in [0.1, 0.15) is 31.7 Å². The molecule has 3 nitrogen and oxygen atoms in total. The van der Waals surface area contributed by atoms with Crippen molar-refractivity contribution in [3.63, 3.8) is 0 Å². The first kappa shape index (κ1) is 12.2. The Kier molecular flexibility index (Phi) is 4.82. The van der Waals surface area contributed by atoms with E-state index in [-0.39, 0.29) is 0 Å². The van der Waals surface area contributed by atoms with Gasteiger partial charge in [0.05, 0.1) is 5.69 Å². The van der Waals surface area contributed by atoms with Crippen molar-refractivity contribution in [3.8, 4) is 0 Å². The van der Waals surface area contributed by atoms with Crippen LogP contribution in [-0.2, 0) is 13.5 Å². The molecule has 0 saturated heterocycles. The van der Waals surface area contributed by atoms with Crippen molar-refractivity contribution in [2.75, 3.05) is 13.1 Å². The highest BCUT2D eigenvalue weighted by atomic mass is 15.3. The molecule has 3 heteroatoms. The molecule has 0 aliphatic carbocycles. The number of aryl methyl sites for hydroxylation is 2. The fourth-order valence-corrected chi connectivity index (χ4v) is 1.84. The standard InChI is InChI=1S/C12H23N3/c1-5-13-7-6-10(2)8-12-9-11(3)14-15(12)4/h9-10,13H,5-8H2,1-4H3. The van der Waals surface area contributed by atoms with Crippen LogP contribution in [0.15, 0.2) is 6.07 Å². The van der Waals surface area contributed by atoms with Crippen LogP contribution in [0.2, 0.25) is 0 Å². The fourth-order valence-electron chi connectivity index (χ4n) is 1.84. The second-order valence-electron chi connectivity index (χ2n) is 4.35.